The zero-order chi connectivity index (χ0) is 24.4. The summed E-state index contributed by atoms with van der Waals surface area (Å²) < 4.78 is 27.7. The molecule has 0 radical (unpaired) electrons. The Morgan fingerprint density at radius 2 is 2.09 bits per heavy atom. The molecule has 12 heteroatoms. The lowest BCUT2D eigenvalue weighted by atomic mass is 9.46. The third-order valence-electron chi connectivity index (χ3n) is 7.33. The van der Waals surface area contributed by atoms with Crippen LogP contribution in [0.4, 0.5) is 14.5 Å². The lowest BCUT2D eigenvalue weighted by Crippen LogP contribution is -2.60. The zero-order valence-corrected chi connectivity index (χ0v) is 18.7. The number of tetrazole rings is 1. The molecule has 35 heavy (non-hydrogen) atoms. The molecule has 1 spiro atoms. The second-order valence-electron chi connectivity index (χ2n) is 9.76. The Bertz CT molecular complexity index is 1420. The van der Waals surface area contributed by atoms with Crippen LogP contribution in [-0.4, -0.2) is 58.3 Å². The van der Waals surface area contributed by atoms with E-state index in [4.69, 9.17) is 0 Å². The van der Waals surface area contributed by atoms with Gasteiger partial charge in [-0.25, -0.2) is 13.3 Å². The summed E-state index contributed by atoms with van der Waals surface area (Å²) in [6.45, 7) is 1.78. The number of anilines is 1. The number of nitrogens with zero attached hydrogens (tertiary/aromatic N) is 6. The number of hydrogen-bond donors (Lipinski definition) is 3. The Balaban J connectivity index is 1.21. The summed E-state index contributed by atoms with van der Waals surface area (Å²) in [6, 6.07) is 5.60. The SMILES string of the molecule is Cc1ncc(-c2nn[nH]n2)cc1NC(=O)c1cnn2ccc(C3CC4(C3)CC(O)(C(F)F)C4)cc12. The molecule has 6 rings (SSSR count). The number of H-pyrrole nitrogens is 1. The van der Waals surface area contributed by atoms with Gasteiger partial charge in [-0.3, -0.25) is 9.78 Å². The van der Waals surface area contributed by atoms with E-state index in [1.54, 1.807) is 29.9 Å². The van der Waals surface area contributed by atoms with E-state index in [-0.39, 0.29) is 30.1 Å². The van der Waals surface area contributed by atoms with Gasteiger partial charge in [-0.1, -0.05) is 0 Å². The minimum Gasteiger partial charge on any atom is -0.384 e. The van der Waals surface area contributed by atoms with E-state index < -0.39 is 12.0 Å². The Kier molecular flexibility index (Phi) is 4.72. The van der Waals surface area contributed by atoms with Gasteiger partial charge in [0.05, 0.1) is 28.7 Å². The second kappa shape index (κ2) is 7.60. The first-order chi connectivity index (χ1) is 16.8. The fraction of sp³-hybridized carbons (Fsp3) is 0.391. The molecule has 2 fully saturated rings. The van der Waals surface area contributed by atoms with Crippen LogP contribution >= 0.6 is 0 Å². The highest BCUT2D eigenvalue weighted by Gasteiger charge is 2.63. The quantitative estimate of drug-likeness (QED) is 0.400. The minimum atomic E-state index is -2.71. The van der Waals surface area contributed by atoms with Gasteiger partial charge in [0.1, 0.15) is 5.60 Å². The molecular formula is C23H22F2N8O2. The van der Waals surface area contributed by atoms with Gasteiger partial charge in [0.15, 0.2) is 0 Å². The molecule has 2 aliphatic rings. The highest BCUT2D eigenvalue weighted by molar-refractivity contribution is 6.09. The predicted molar refractivity (Wildman–Crippen MR) is 120 cm³/mol. The van der Waals surface area contributed by atoms with Crippen LogP contribution < -0.4 is 5.32 Å². The van der Waals surface area contributed by atoms with Crippen molar-refractivity contribution < 1.29 is 18.7 Å². The number of carbonyl (C=O) groups is 1. The number of halogens is 2. The largest absolute Gasteiger partial charge is 0.384 e. The van der Waals surface area contributed by atoms with Gasteiger partial charge in [0.2, 0.25) is 5.82 Å². The molecule has 0 aromatic carbocycles. The number of aromatic amines is 1. The van der Waals surface area contributed by atoms with Crippen molar-refractivity contribution >= 4 is 17.1 Å². The van der Waals surface area contributed by atoms with E-state index in [0.717, 1.165) is 18.4 Å². The molecule has 0 atom stereocenters. The summed E-state index contributed by atoms with van der Waals surface area (Å²) in [4.78, 5) is 17.5. The van der Waals surface area contributed by atoms with Crippen LogP contribution in [0, 0.1) is 12.3 Å². The first-order valence-corrected chi connectivity index (χ1v) is 11.2. The van der Waals surface area contributed by atoms with Gasteiger partial charge < -0.3 is 10.4 Å². The van der Waals surface area contributed by atoms with E-state index >= 15 is 0 Å². The van der Waals surface area contributed by atoms with Crippen LogP contribution in [0.3, 0.4) is 0 Å². The first-order valence-electron chi connectivity index (χ1n) is 11.2. The fourth-order valence-electron chi connectivity index (χ4n) is 5.59. The number of nitrogens with one attached hydrogen (secondary N) is 2. The third kappa shape index (κ3) is 3.55. The third-order valence-corrected chi connectivity index (χ3v) is 7.33. The van der Waals surface area contributed by atoms with Crippen molar-refractivity contribution in [2.45, 2.75) is 50.6 Å². The molecule has 4 aromatic heterocycles. The standard InChI is InChI=1S/C23H22F2N8O2/c1-12-17(4-14(8-26-12)19-29-31-32-30-19)28-20(34)16-9-27-33-3-2-13(5-18(16)33)15-6-22(7-15)10-23(35,11-22)21(24)25/h2-5,8-9,15,21,35H,6-7,10-11H2,1H3,(H,28,34)(H,29,30,31,32). The van der Waals surface area contributed by atoms with E-state index in [1.165, 1.54) is 6.20 Å². The highest BCUT2D eigenvalue weighted by Crippen LogP contribution is 2.66. The summed E-state index contributed by atoms with van der Waals surface area (Å²) in [5, 5.41) is 30.9. The van der Waals surface area contributed by atoms with Gasteiger partial charge in [0.25, 0.3) is 12.3 Å². The molecule has 0 bridgehead atoms. The molecule has 3 N–H and O–H groups in total. The van der Waals surface area contributed by atoms with Gasteiger partial charge in [-0.05, 0) is 72.9 Å². The van der Waals surface area contributed by atoms with Crippen LogP contribution in [0.5, 0.6) is 0 Å². The zero-order valence-electron chi connectivity index (χ0n) is 18.7. The van der Waals surface area contributed by atoms with Crippen molar-refractivity contribution in [1.82, 2.24) is 35.2 Å². The Morgan fingerprint density at radius 1 is 1.29 bits per heavy atom. The van der Waals surface area contributed by atoms with Gasteiger partial charge in [-0.2, -0.15) is 10.3 Å². The highest BCUT2D eigenvalue weighted by atomic mass is 19.3. The average Bonchev–Trinajstić information content (AvgIpc) is 3.46. The van der Waals surface area contributed by atoms with Crippen LogP contribution in [0.25, 0.3) is 16.9 Å². The summed E-state index contributed by atoms with van der Waals surface area (Å²) in [7, 11) is 0. The number of aromatic nitrogens is 7. The Labute approximate surface area is 197 Å². The summed E-state index contributed by atoms with van der Waals surface area (Å²) in [5.74, 6) is 0.231. The molecule has 4 aromatic rings. The number of aliphatic hydroxyl groups is 1. The lowest BCUT2D eigenvalue weighted by Gasteiger charge is -2.61. The molecule has 2 saturated carbocycles. The minimum absolute atomic E-state index is 0.146. The van der Waals surface area contributed by atoms with Crippen molar-refractivity contribution in [3.05, 3.63) is 53.6 Å². The van der Waals surface area contributed by atoms with Crippen molar-refractivity contribution in [3.63, 3.8) is 0 Å². The van der Waals surface area contributed by atoms with Crippen LogP contribution in [0.2, 0.25) is 0 Å². The number of hydrogen-bond acceptors (Lipinski definition) is 7. The van der Waals surface area contributed by atoms with Crippen LogP contribution in [-0.2, 0) is 0 Å². The normalized spacial score (nSPS) is 25.6. The molecule has 2 aliphatic carbocycles. The maximum atomic E-state index is 13.2. The lowest BCUT2D eigenvalue weighted by molar-refractivity contribution is -0.228. The van der Waals surface area contributed by atoms with E-state index in [0.29, 0.717) is 33.8 Å². The predicted octanol–water partition coefficient (Wildman–Crippen LogP) is 3.12. The monoisotopic (exact) mass is 480 g/mol. The number of rotatable bonds is 5. The summed E-state index contributed by atoms with van der Waals surface area (Å²) in [6.07, 6.45) is 4.00. The van der Waals surface area contributed by atoms with E-state index in [2.05, 4.69) is 36.0 Å². The first kappa shape index (κ1) is 21.7. The molecule has 0 aliphatic heterocycles. The average molecular weight is 480 g/mol. The van der Waals surface area contributed by atoms with E-state index in [9.17, 15) is 18.7 Å². The Morgan fingerprint density at radius 3 is 2.80 bits per heavy atom. The number of amides is 1. The molecule has 180 valence electrons. The molecular weight excluding hydrogens is 458 g/mol. The molecule has 10 nitrogen and oxygen atoms in total. The Hall–Kier alpha value is -3.80. The molecule has 4 heterocycles. The van der Waals surface area contributed by atoms with Crippen molar-refractivity contribution in [2.75, 3.05) is 5.32 Å². The summed E-state index contributed by atoms with van der Waals surface area (Å²) in [5.41, 5.74) is 1.81. The van der Waals surface area contributed by atoms with Crippen molar-refractivity contribution in [1.29, 1.82) is 0 Å². The van der Waals surface area contributed by atoms with Crippen molar-refractivity contribution in [3.8, 4) is 11.4 Å². The smallest absolute Gasteiger partial charge is 0.266 e. The van der Waals surface area contributed by atoms with Gasteiger partial charge in [-0.15, -0.1) is 10.2 Å². The number of carbonyl (C=O) groups excluding carboxylic acids is 1. The molecule has 1 amide bonds. The van der Waals surface area contributed by atoms with Crippen LogP contribution in [0.15, 0.2) is 36.8 Å². The second-order valence-corrected chi connectivity index (χ2v) is 9.76. The van der Waals surface area contributed by atoms with Gasteiger partial charge >= 0.3 is 0 Å². The maximum Gasteiger partial charge on any atom is 0.266 e. The van der Waals surface area contributed by atoms with Gasteiger partial charge in [0, 0.05) is 18.0 Å². The number of pyridine rings is 2. The maximum absolute atomic E-state index is 13.2. The topological polar surface area (TPSA) is 134 Å². The number of alkyl halides is 2. The summed E-state index contributed by atoms with van der Waals surface area (Å²) >= 11 is 0. The van der Waals surface area contributed by atoms with Crippen molar-refractivity contribution in [2.24, 2.45) is 5.41 Å². The molecule has 0 unspecified atom stereocenters. The number of fused-ring (bicyclic) bond motifs is 1. The molecule has 0 saturated heterocycles. The van der Waals surface area contributed by atoms with Crippen LogP contribution in [0.1, 0.15) is 53.2 Å². The van der Waals surface area contributed by atoms with E-state index in [1.807, 2.05) is 12.1 Å². The fourth-order valence-corrected chi connectivity index (χ4v) is 5.59. The number of aryl methyl sites for hydroxylation is 1.